The second-order valence-corrected chi connectivity index (χ2v) is 4.99. The van der Waals surface area contributed by atoms with Crippen LogP contribution < -0.4 is 5.32 Å². The van der Waals surface area contributed by atoms with Gasteiger partial charge in [0, 0.05) is 19.5 Å². The molecule has 1 N–H and O–H groups in total. The number of hydrogen-bond acceptors (Lipinski definition) is 2. The normalized spacial score (nSPS) is 10.8. The lowest BCUT2D eigenvalue weighted by Gasteiger charge is -2.20. The maximum atomic E-state index is 12.7. The second kappa shape index (κ2) is 9.48. The molecular weight excluding hydrogens is 255 g/mol. The van der Waals surface area contributed by atoms with E-state index < -0.39 is 0 Å². The molecule has 0 atom stereocenters. The third-order valence-corrected chi connectivity index (χ3v) is 3.14. The van der Waals surface area contributed by atoms with Gasteiger partial charge in [0.25, 0.3) is 0 Å². The van der Waals surface area contributed by atoms with Crippen LogP contribution in [0.4, 0.5) is 4.39 Å². The van der Waals surface area contributed by atoms with Gasteiger partial charge in [-0.25, -0.2) is 4.39 Å². The summed E-state index contributed by atoms with van der Waals surface area (Å²) in [6.07, 6.45) is 2.73. The van der Waals surface area contributed by atoms with E-state index in [1.165, 1.54) is 12.1 Å². The highest BCUT2D eigenvalue weighted by Gasteiger charge is 2.06. The lowest BCUT2D eigenvalue weighted by Crippen LogP contribution is -2.31. The Bertz CT molecular complexity index is 386. The molecule has 0 aromatic heterocycles. The number of nitrogens with one attached hydrogen (secondary N) is 1. The maximum absolute atomic E-state index is 12.7. The largest absolute Gasteiger partial charge is 0.352 e. The Morgan fingerprint density at radius 1 is 1.10 bits per heavy atom. The predicted molar refractivity (Wildman–Crippen MR) is 79.9 cm³/mol. The molecule has 0 bridgehead atoms. The molecule has 0 heterocycles. The van der Waals surface area contributed by atoms with Gasteiger partial charge in [0.05, 0.1) is 0 Å². The summed E-state index contributed by atoms with van der Waals surface area (Å²) in [5, 5.41) is 2.87. The second-order valence-electron chi connectivity index (χ2n) is 4.99. The highest BCUT2D eigenvalue weighted by atomic mass is 19.1. The maximum Gasteiger partial charge on any atom is 0.221 e. The molecular formula is C16H25FN2O. The molecule has 0 spiro atoms. The van der Waals surface area contributed by atoms with Crippen LogP contribution in [0, 0.1) is 5.82 Å². The zero-order valence-corrected chi connectivity index (χ0v) is 12.5. The van der Waals surface area contributed by atoms with E-state index in [0.29, 0.717) is 13.0 Å². The number of carbonyl (C=O) groups is 1. The molecule has 0 aliphatic rings. The van der Waals surface area contributed by atoms with Gasteiger partial charge in [0.1, 0.15) is 5.82 Å². The SMILES string of the molecule is CCCN(CCC)CCC(=O)NCc1ccc(F)cc1. The third kappa shape index (κ3) is 6.66. The minimum absolute atomic E-state index is 0.0477. The first-order valence-electron chi connectivity index (χ1n) is 7.39. The number of rotatable bonds is 9. The minimum atomic E-state index is -0.255. The summed E-state index contributed by atoms with van der Waals surface area (Å²) in [4.78, 5) is 14.1. The lowest BCUT2D eigenvalue weighted by atomic mass is 10.2. The van der Waals surface area contributed by atoms with Gasteiger partial charge in [-0.05, 0) is 43.6 Å². The summed E-state index contributed by atoms with van der Waals surface area (Å²) in [5.41, 5.74) is 0.915. The first kappa shape index (κ1) is 16.6. The molecule has 0 aliphatic heterocycles. The number of nitrogens with zero attached hydrogens (tertiary/aromatic N) is 1. The summed E-state index contributed by atoms with van der Waals surface area (Å²) in [5.74, 6) is -0.207. The van der Waals surface area contributed by atoms with Gasteiger partial charge < -0.3 is 10.2 Å². The fourth-order valence-corrected chi connectivity index (χ4v) is 2.12. The van der Waals surface area contributed by atoms with Gasteiger partial charge in [-0.1, -0.05) is 26.0 Å². The number of benzene rings is 1. The van der Waals surface area contributed by atoms with Crippen LogP contribution in [-0.4, -0.2) is 30.4 Å². The van der Waals surface area contributed by atoms with E-state index in [1.54, 1.807) is 12.1 Å². The van der Waals surface area contributed by atoms with E-state index >= 15 is 0 Å². The van der Waals surface area contributed by atoms with E-state index in [4.69, 9.17) is 0 Å². The summed E-state index contributed by atoms with van der Waals surface area (Å²) >= 11 is 0. The molecule has 1 aromatic rings. The van der Waals surface area contributed by atoms with Crippen LogP contribution >= 0.6 is 0 Å². The Morgan fingerprint density at radius 2 is 1.70 bits per heavy atom. The molecule has 20 heavy (non-hydrogen) atoms. The molecule has 0 radical (unpaired) electrons. The van der Waals surface area contributed by atoms with E-state index in [9.17, 15) is 9.18 Å². The topological polar surface area (TPSA) is 32.3 Å². The molecule has 0 aliphatic carbocycles. The van der Waals surface area contributed by atoms with Gasteiger partial charge in [-0.15, -0.1) is 0 Å². The number of amides is 1. The number of halogens is 1. The summed E-state index contributed by atoms with van der Waals surface area (Å²) in [6.45, 7) is 7.64. The summed E-state index contributed by atoms with van der Waals surface area (Å²) in [7, 11) is 0. The van der Waals surface area contributed by atoms with Crippen molar-refractivity contribution in [2.45, 2.75) is 39.7 Å². The van der Waals surface area contributed by atoms with Crippen molar-refractivity contribution in [2.24, 2.45) is 0 Å². The van der Waals surface area contributed by atoms with E-state index in [2.05, 4.69) is 24.1 Å². The quantitative estimate of drug-likeness (QED) is 0.754. The Morgan fingerprint density at radius 3 is 2.25 bits per heavy atom. The van der Waals surface area contributed by atoms with Crippen molar-refractivity contribution in [2.75, 3.05) is 19.6 Å². The molecule has 0 saturated heterocycles. The molecule has 0 fully saturated rings. The smallest absolute Gasteiger partial charge is 0.221 e. The molecule has 1 aromatic carbocycles. The molecule has 3 nitrogen and oxygen atoms in total. The first-order valence-corrected chi connectivity index (χ1v) is 7.39. The predicted octanol–water partition coefficient (Wildman–Crippen LogP) is 2.95. The van der Waals surface area contributed by atoms with Gasteiger partial charge in [0.15, 0.2) is 0 Å². The number of carbonyl (C=O) groups excluding carboxylic acids is 1. The van der Waals surface area contributed by atoms with Crippen molar-refractivity contribution in [3.8, 4) is 0 Å². The molecule has 0 unspecified atom stereocenters. The Hall–Kier alpha value is -1.42. The lowest BCUT2D eigenvalue weighted by molar-refractivity contribution is -0.121. The zero-order valence-electron chi connectivity index (χ0n) is 12.5. The van der Waals surface area contributed by atoms with Gasteiger partial charge in [-0.3, -0.25) is 4.79 Å². The van der Waals surface area contributed by atoms with Crippen molar-refractivity contribution in [3.63, 3.8) is 0 Å². The van der Waals surface area contributed by atoms with Crippen LogP contribution in [-0.2, 0) is 11.3 Å². The van der Waals surface area contributed by atoms with Crippen LogP contribution in [0.5, 0.6) is 0 Å². The average molecular weight is 280 g/mol. The highest BCUT2D eigenvalue weighted by molar-refractivity contribution is 5.76. The molecule has 112 valence electrons. The van der Waals surface area contributed by atoms with Crippen LogP contribution in [0.2, 0.25) is 0 Å². The van der Waals surface area contributed by atoms with Crippen LogP contribution in [0.3, 0.4) is 0 Å². The van der Waals surface area contributed by atoms with Crippen LogP contribution in [0.1, 0.15) is 38.7 Å². The van der Waals surface area contributed by atoms with Crippen molar-refractivity contribution < 1.29 is 9.18 Å². The summed E-state index contributed by atoms with van der Waals surface area (Å²) in [6, 6.07) is 6.20. The van der Waals surface area contributed by atoms with Crippen molar-refractivity contribution >= 4 is 5.91 Å². The fraction of sp³-hybridized carbons (Fsp3) is 0.562. The third-order valence-electron chi connectivity index (χ3n) is 3.14. The van der Waals surface area contributed by atoms with Crippen LogP contribution in [0.15, 0.2) is 24.3 Å². The fourth-order valence-electron chi connectivity index (χ4n) is 2.12. The van der Waals surface area contributed by atoms with Crippen LogP contribution in [0.25, 0.3) is 0 Å². The minimum Gasteiger partial charge on any atom is -0.352 e. The van der Waals surface area contributed by atoms with Crippen molar-refractivity contribution in [3.05, 3.63) is 35.6 Å². The molecule has 1 rings (SSSR count). The Labute approximate surface area is 121 Å². The summed E-state index contributed by atoms with van der Waals surface area (Å²) < 4.78 is 12.7. The van der Waals surface area contributed by atoms with E-state index in [1.807, 2.05) is 0 Å². The van der Waals surface area contributed by atoms with Gasteiger partial charge in [0.2, 0.25) is 5.91 Å². The van der Waals surface area contributed by atoms with Gasteiger partial charge in [-0.2, -0.15) is 0 Å². The molecule has 1 amide bonds. The standard InChI is InChI=1S/C16H25FN2O/c1-3-10-19(11-4-2)12-9-16(20)18-13-14-5-7-15(17)8-6-14/h5-8H,3-4,9-13H2,1-2H3,(H,18,20). The Balaban J connectivity index is 2.27. The number of hydrogen-bond donors (Lipinski definition) is 1. The highest BCUT2D eigenvalue weighted by Crippen LogP contribution is 2.02. The molecule has 0 saturated carbocycles. The van der Waals surface area contributed by atoms with Crippen molar-refractivity contribution in [1.82, 2.24) is 10.2 Å². The average Bonchev–Trinajstić information content (AvgIpc) is 2.44. The van der Waals surface area contributed by atoms with E-state index in [0.717, 1.165) is 38.0 Å². The molecule has 4 heteroatoms. The van der Waals surface area contributed by atoms with E-state index in [-0.39, 0.29) is 11.7 Å². The first-order chi connectivity index (χ1) is 9.65. The van der Waals surface area contributed by atoms with Gasteiger partial charge >= 0.3 is 0 Å². The zero-order chi connectivity index (χ0) is 14.8. The monoisotopic (exact) mass is 280 g/mol. The Kier molecular flexibility index (Phi) is 7.88. The van der Waals surface area contributed by atoms with Crippen molar-refractivity contribution in [1.29, 1.82) is 0 Å².